The fourth-order valence-electron chi connectivity index (χ4n) is 1.21. The summed E-state index contributed by atoms with van der Waals surface area (Å²) in [6.45, 7) is 0. The molecule has 60 valence electrons. The number of benzene rings is 2. The molecule has 0 aromatic heterocycles. The lowest BCUT2D eigenvalue weighted by molar-refractivity contribution is 1.65. The quantitative estimate of drug-likeness (QED) is 0.674. The van der Waals surface area contributed by atoms with Crippen LogP contribution in [0.5, 0.6) is 0 Å². The van der Waals surface area contributed by atoms with Crippen molar-refractivity contribution in [3.05, 3.63) is 45.3 Å². The zero-order chi connectivity index (χ0) is 8.55. The molecule has 0 bridgehead atoms. The summed E-state index contributed by atoms with van der Waals surface area (Å²) in [6.07, 6.45) is 0. The highest BCUT2D eigenvalue weighted by molar-refractivity contribution is 9.13. The fourth-order valence-corrected chi connectivity index (χ4v) is 2.05. The first-order chi connectivity index (χ1) is 5.79. The summed E-state index contributed by atoms with van der Waals surface area (Å²) in [7, 11) is 0. The molecular formula is C10H6Br2. The van der Waals surface area contributed by atoms with Crippen LogP contribution in [0.25, 0.3) is 10.8 Å². The zero-order valence-corrected chi connectivity index (χ0v) is 9.39. The minimum atomic E-state index is 1.10. The molecule has 0 unspecified atom stereocenters. The lowest BCUT2D eigenvalue weighted by Gasteiger charge is -2.01. The number of rotatable bonds is 0. The van der Waals surface area contributed by atoms with Crippen molar-refractivity contribution in [2.75, 3.05) is 0 Å². The number of hydrogen-bond acceptors (Lipinski definition) is 0. The Bertz CT molecular complexity index is 421. The Labute approximate surface area is 87.8 Å². The van der Waals surface area contributed by atoms with Gasteiger partial charge in [0.05, 0.1) is 0 Å². The second-order valence-corrected chi connectivity index (χ2v) is 4.23. The Balaban J connectivity index is 2.91. The third-order valence-corrected chi connectivity index (χ3v) is 3.86. The highest BCUT2D eigenvalue weighted by Gasteiger charge is 2.00. The minimum absolute atomic E-state index is 1.10. The van der Waals surface area contributed by atoms with Crippen molar-refractivity contribution in [1.29, 1.82) is 0 Å². The van der Waals surface area contributed by atoms with E-state index in [0.717, 1.165) is 8.95 Å². The van der Waals surface area contributed by atoms with Crippen LogP contribution in [-0.4, -0.2) is 0 Å². The molecule has 2 heteroatoms. The van der Waals surface area contributed by atoms with Crippen LogP contribution in [0.1, 0.15) is 0 Å². The Morgan fingerprint density at radius 2 is 1.58 bits per heavy atom. The first-order valence-electron chi connectivity index (χ1n) is 3.62. The monoisotopic (exact) mass is 284 g/mol. The largest absolute Gasteiger partial charge is 0.0616 e. The molecule has 0 saturated carbocycles. The first-order valence-corrected chi connectivity index (χ1v) is 5.20. The van der Waals surface area contributed by atoms with Gasteiger partial charge in [-0.3, -0.25) is 0 Å². The van der Waals surface area contributed by atoms with Gasteiger partial charge in [-0.2, -0.15) is 0 Å². The van der Waals surface area contributed by atoms with E-state index in [9.17, 15) is 0 Å². The molecule has 0 aliphatic rings. The molecule has 0 atom stereocenters. The van der Waals surface area contributed by atoms with Crippen molar-refractivity contribution in [2.45, 2.75) is 0 Å². The average molecular weight is 286 g/mol. The van der Waals surface area contributed by atoms with Crippen LogP contribution < -0.4 is 0 Å². The van der Waals surface area contributed by atoms with E-state index in [1.165, 1.54) is 10.8 Å². The predicted octanol–water partition coefficient (Wildman–Crippen LogP) is 4.36. The van der Waals surface area contributed by atoms with Gasteiger partial charge < -0.3 is 0 Å². The van der Waals surface area contributed by atoms with Gasteiger partial charge in [0.1, 0.15) is 0 Å². The Morgan fingerprint density at radius 1 is 0.833 bits per heavy atom. The third kappa shape index (κ3) is 1.29. The highest BCUT2D eigenvalue weighted by Crippen LogP contribution is 2.30. The van der Waals surface area contributed by atoms with Gasteiger partial charge in [-0.1, -0.05) is 30.3 Å². The molecule has 12 heavy (non-hydrogen) atoms. The van der Waals surface area contributed by atoms with E-state index in [1.54, 1.807) is 0 Å². The third-order valence-electron chi connectivity index (χ3n) is 1.82. The summed E-state index contributed by atoms with van der Waals surface area (Å²) >= 11 is 7.00. The van der Waals surface area contributed by atoms with E-state index in [2.05, 4.69) is 50.1 Å². The van der Waals surface area contributed by atoms with Crippen LogP contribution in [0.15, 0.2) is 45.3 Å². The van der Waals surface area contributed by atoms with Crippen LogP contribution in [0.2, 0.25) is 0 Å². The van der Waals surface area contributed by atoms with E-state index in [1.807, 2.05) is 18.2 Å². The maximum absolute atomic E-state index is 3.53. The van der Waals surface area contributed by atoms with Gasteiger partial charge in [0, 0.05) is 8.95 Å². The van der Waals surface area contributed by atoms with Crippen molar-refractivity contribution < 1.29 is 0 Å². The SMILES string of the molecule is Brc1ccc2ccccc2c1Br. The molecular weight excluding hydrogens is 280 g/mol. The van der Waals surface area contributed by atoms with Crippen molar-refractivity contribution >= 4 is 42.6 Å². The van der Waals surface area contributed by atoms with Gasteiger partial charge >= 0.3 is 0 Å². The standard InChI is InChI=1S/C10H6Br2/c11-9-6-5-7-3-1-2-4-8(7)10(9)12/h1-6H. The molecule has 0 aliphatic carbocycles. The van der Waals surface area contributed by atoms with E-state index in [4.69, 9.17) is 0 Å². The molecule has 0 saturated heterocycles. The fraction of sp³-hybridized carbons (Fsp3) is 0. The average Bonchev–Trinajstić information content (AvgIpc) is 2.12. The minimum Gasteiger partial charge on any atom is -0.0616 e. The molecule has 0 nitrogen and oxygen atoms in total. The number of halogens is 2. The first kappa shape index (κ1) is 8.27. The van der Waals surface area contributed by atoms with Crippen molar-refractivity contribution in [3.8, 4) is 0 Å². The van der Waals surface area contributed by atoms with E-state index in [-0.39, 0.29) is 0 Å². The molecule has 0 amide bonds. The molecule has 2 aromatic rings. The Kier molecular flexibility index (Phi) is 2.20. The Hall–Kier alpha value is -0.340. The van der Waals surface area contributed by atoms with E-state index in [0.29, 0.717) is 0 Å². The van der Waals surface area contributed by atoms with Crippen LogP contribution in [0.3, 0.4) is 0 Å². The zero-order valence-electron chi connectivity index (χ0n) is 6.22. The van der Waals surface area contributed by atoms with Crippen LogP contribution in [-0.2, 0) is 0 Å². The molecule has 2 aromatic carbocycles. The van der Waals surface area contributed by atoms with Crippen molar-refractivity contribution in [1.82, 2.24) is 0 Å². The normalized spacial score (nSPS) is 10.5. The van der Waals surface area contributed by atoms with Crippen LogP contribution in [0.4, 0.5) is 0 Å². The van der Waals surface area contributed by atoms with Crippen LogP contribution >= 0.6 is 31.9 Å². The smallest absolute Gasteiger partial charge is 0.0395 e. The highest BCUT2D eigenvalue weighted by atomic mass is 79.9. The van der Waals surface area contributed by atoms with Crippen LogP contribution in [0, 0.1) is 0 Å². The molecule has 0 N–H and O–H groups in total. The lowest BCUT2D eigenvalue weighted by atomic mass is 10.1. The van der Waals surface area contributed by atoms with Gasteiger partial charge in [0.15, 0.2) is 0 Å². The summed E-state index contributed by atoms with van der Waals surface area (Å²) < 4.78 is 2.22. The summed E-state index contributed by atoms with van der Waals surface area (Å²) in [5, 5.41) is 2.50. The molecule has 0 spiro atoms. The second-order valence-electron chi connectivity index (χ2n) is 2.58. The molecule has 0 radical (unpaired) electrons. The van der Waals surface area contributed by atoms with Gasteiger partial charge in [-0.15, -0.1) is 0 Å². The van der Waals surface area contributed by atoms with Gasteiger partial charge in [-0.25, -0.2) is 0 Å². The summed E-state index contributed by atoms with van der Waals surface area (Å²) in [5.41, 5.74) is 0. The number of fused-ring (bicyclic) bond motifs is 1. The molecule has 0 aliphatic heterocycles. The van der Waals surface area contributed by atoms with E-state index >= 15 is 0 Å². The van der Waals surface area contributed by atoms with Gasteiger partial charge in [0.25, 0.3) is 0 Å². The molecule has 2 rings (SSSR count). The Morgan fingerprint density at radius 3 is 2.42 bits per heavy atom. The lowest BCUT2D eigenvalue weighted by Crippen LogP contribution is -1.74. The topological polar surface area (TPSA) is 0 Å². The summed E-state index contributed by atoms with van der Waals surface area (Å²) in [5.74, 6) is 0. The predicted molar refractivity (Wildman–Crippen MR) is 59.3 cm³/mol. The molecule has 0 fully saturated rings. The molecule has 0 heterocycles. The summed E-state index contributed by atoms with van der Waals surface area (Å²) in [6, 6.07) is 12.4. The summed E-state index contributed by atoms with van der Waals surface area (Å²) in [4.78, 5) is 0. The maximum Gasteiger partial charge on any atom is 0.0395 e. The van der Waals surface area contributed by atoms with Crippen molar-refractivity contribution in [2.24, 2.45) is 0 Å². The number of hydrogen-bond donors (Lipinski definition) is 0. The van der Waals surface area contributed by atoms with Gasteiger partial charge in [0.2, 0.25) is 0 Å². The second kappa shape index (κ2) is 3.19. The van der Waals surface area contributed by atoms with Gasteiger partial charge in [-0.05, 0) is 48.7 Å². The maximum atomic E-state index is 3.53. The van der Waals surface area contributed by atoms with E-state index < -0.39 is 0 Å². The van der Waals surface area contributed by atoms with Crippen molar-refractivity contribution in [3.63, 3.8) is 0 Å².